The molecule has 0 aliphatic heterocycles. The number of rotatable bonds is 69. The van der Waals surface area contributed by atoms with Crippen molar-refractivity contribution in [1.82, 2.24) is 5.32 Å². The largest absolute Gasteiger partial charge is 0.756 e. The van der Waals surface area contributed by atoms with E-state index in [1.807, 2.05) is 33.3 Å². The van der Waals surface area contributed by atoms with E-state index >= 15 is 0 Å². The van der Waals surface area contributed by atoms with Crippen LogP contribution in [0.5, 0.6) is 0 Å². The first-order valence-electron chi connectivity index (χ1n) is 37.4. The van der Waals surface area contributed by atoms with Crippen LogP contribution in [-0.2, 0) is 27.9 Å². The molecule has 0 rings (SSSR count). The van der Waals surface area contributed by atoms with Crippen molar-refractivity contribution in [2.24, 2.45) is 0 Å². The third-order valence-corrected chi connectivity index (χ3v) is 17.9. The van der Waals surface area contributed by atoms with Crippen LogP contribution in [0.4, 0.5) is 0 Å². The zero-order valence-electron chi connectivity index (χ0n) is 58.0. The fourth-order valence-electron chi connectivity index (χ4n) is 11.2. The van der Waals surface area contributed by atoms with Gasteiger partial charge in [-0.15, -0.1) is 0 Å². The third kappa shape index (κ3) is 66.4. The van der Waals surface area contributed by atoms with Crippen molar-refractivity contribution in [2.45, 2.75) is 386 Å². The lowest BCUT2D eigenvalue weighted by atomic mass is 10.0. The minimum absolute atomic E-state index is 0.0209. The van der Waals surface area contributed by atoms with Crippen molar-refractivity contribution in [2.75, 3.05) is 40.9 Å². The van der Waals surface area contributed by atoms with Gasteiger partial charge < -0.3 is 28.5 Å². The molecule has 0 fully saturated rings. The number of quaternary nitrogens is 1. The summed E-state index contributed by atoms with van der Waals surface area (Å²) >= 11 is 0. The molecule has 0 aromatic heterocycles. The van der Waals surface area contributed by atoms with E-state index in [9.17, 15) is 19.0 Å². The standard InChI is InChI=1S/C76H145N2O7P/c1-7-10-13-16-19-22-25-28-30-32-34-36-37-38-39-40-41-43-45-47-49-51-54-57-60-63-66-69-76(80)85-74(67-64-61-58-55-52-27-24-21-18-15-12-9-3)73(72-84-86(81,82)83-71-70-78(4,5)6)77-75(79)68-65-62-59-56-53-50-48-46-44-42-35-33-31-29-26-23-20-17-14-11-8-2/h20,23,28-31,64,67,73-74H,7-19,21-22,24-27,32-63,65-66,68-72H2,1-6H3,(H-,77,79,81,82)/b23-20-,30-28+,31-29-,67-64-. The van der Waals surface area contributed by atoms with Crippen LogP contribution in [0.15, 0.2) is 48.6 Å². The van der Waals surface area contributed by atoms with Gasteiger partial charge in [0, 0.05) is 12.8 Å². The van der Waals surface area contributed by atoms with Gasteiger partial charge in [0.15, 0.2) is 0 Å². The van der Waals surface area contributed by atoms with E-state index in [0.717, 1.165) is 64.2 Å². The number of hydrogen-bond donors (Lipinski definition) is 1. The Bertz CT molecular complexity index is 1610. The van der Waals surface area contributed by atoms with Crippen LogP contribution >= 0.6 is 7.82 Å². The van der Waals surface area contributed by atoms with Crippen LogP contribution in [0.1, 0.15) is 374 Å². The number of allylic oxidation sites excluding steroid dienone is 7. The predicted octanol–water partition coefficient (Wildman–Crippen LogP) is 23.3. The molecule has 0 radical (unpaired) electrons. The maximum Gasteiger partial charge on any atom is 0.306 e. The average molecular weight is 1230 g/mol. The van der Waals surface area contributed by atoms with Crippen molar-refractivity contribution < 1.29 is 37.3 Å². The van der Waals surface area contributed by atoms with Crippen LogP contribution in [0.2, 0.25) is 0 Å². The molecule has 3 atom stereocenters. The predicted molar refractivity (Wildman–Crippen MR) is 372 cm³/mol. The molecule has 0 aromatic carbocycles. The first kappa shape index (κ1) is 84.0. The summed E-state index contributed by atoms with van der Waals surface area (Å²) < 4.78 is 30.5. The lowest BCUT2D eigenvalue weighted by molar-refractivity contribution is -0.870. The van der Waals surface area contributed by atoms with Crippen LogP contribution in [0.3, 0.4) is 0 Å². The number of likely N-dealkylation sites (N-methyl/N-ethyl adjacent to an activating group) is 1. The highest BCUT2D eigenvalue weighted by molar-refractivity contribution is 7.45. The number of amides is 1. The summed E-state index contributed by atoms with van der Waals surface area (Å²) in [5, 5.41) is 3.05. The number of hydrogen-bond acceptors (Lipinski definition) is 7. The highest BCUT2D eigenvalue weighted by Crippen LogP contribution is 2.38. The SMILES string of the molecule is CCCCC/C=C\C/C=C\CCCCCCCCCCCCCC(=O)NC(COP(=O)([O-])OCC[N+](C)(C)C)C(/C=C\CCCCCCCCCCCC)OC(=O)CCCCCCCCCCCCCCCCCCC/C=C/CCCCCCCC. The Morgan fingerprint density at radius 1 is 0.407 bits per heavy atom. The second kappa shape index (κ2) is 65.9. The van der Waals surface area contributed by atoms with Crippen molar-refractivity contribution >= 4 is 19.7 Å². The van der Waals surface area contributed by atoms with Gasteiger partial charge in [-0.25, -0.2) is 0 Å². The fourth-order valence-corrected chi connectivity index (χ4v) is 11.9. The number of esters is 1. The van der Waals surface area contributed by atoms with Crippen molar-refractivity contribution in [3.05, 3.63) is 48.6 Å². The molecular weight excluding hydrogens is 1080 g/mol. The van der Waals surface area contributed by atoms with Gasteiger partial charge in [0.05, 0.1) is 33.8 Å². The smallest absolute Gasteiger partial charge is 0.306 e. The van der Waals surface area contributed by atoms with Gasteiger partial charge >= 0.3 is 5.97 Å². The zero-order chi connectivity index (χ0) is 62.8. The van der Waals surface area contributed by atoms with Gasteiger partial charge in [-0.1, -0.05) is 320 Å². The van der Waals surface area contributed by atoms with Gasteiger partial charge in [-0.3, -0.25) is 14.2 Å². The van der Waals surface area contributed by atoms with E-state index in [-0.39, 0.29) is 31.5 Å². The maximum absolute atomic E-state index is 13.6. The molecule has 1 N–H and O–H groups in total. The first-order chi connectivity index (χ1) is 41.9. The van der Waals surface area contributed by atoms with E-state index in [1.165, 1.54) is 276 Å². The summed E-state index contributed by atoms with van der Waals surface area (Å²) in [6.07, 6.45) is 83.9. The van der Waals surface area contributed by atoms with Gasteiger partial charge in [0.2, 0.25) is 5.91 Å². The number of phosphoric ester groups is 1. The molecule has 0 spiro atoms. The molecule has 10 heteroatoms. The number of carbonyl (C=O) groups excluding carboxylic acids is 2. The first-order valence-corrected chi connectivity index (χ1v) is 38.9. The summed E-state index contributed by atoms with van der Waals surface area (Å²) in [4.78, 5) is 40.2. The Morgan fingerprint density at radius 2 is 0.709 bits per heavy atom. The second-order valence-electron chi connectivity index (χ2n) is 26.8. The van der Waals surface area contributed by atoms with E-state index in [2.05, 4.69) is 62.5 Å². The Labute approximate surface area is 535 Å². The van der Waals surface area contributed by atoms with Gasteiger partial charge in [0.25, 0.3) is 7.82 Å². The Balaban J connectivity index is 4.96. The molecule has 9 nitrogen and oxygen atoms in total. The fraction of sp³-hybridized carbons (Fsp3) is 0.868. The van der Waals surface area contributed by atoms with Crippen LogP contribution in [0.25, 0.3) is 0 Å². The third-order valence-electron chi connectivity index (χ3n) is 17.0. The molecule has 0 bridgehead atoms. The lowest BCUT2D eigenvalue weighted by Crippen LogP contribution is -2.47. The number of ether oxygens (including phenoxy) is 1. The number of nitrogens with one attached hydrogen (secondary N) is 1. The Morgan fingerprint density at radius 3 is 1.08 bits per heavy atom. The van der Waals surface area contributed by atoms with Gasteiger partial charge in [0.1, 0.15) is 19.3 Å². The van der Waals surface area contributed by atoms with Crippen molar-refractivity contribution in [1.29, 1.82) is 0 Å². The molecular formula is C76H145N2O7P. The quantitative estimate of drug-likeness (QED) is 0.0212. The second-order valence-corrected chi connectivity index (χ2v) is 28.2. The van der Waals surface area contributed by atoms with E-state index in [1.54, 1.807) is 0 Å². The summed E-state index contributed by atoms with van der Waals surface area (Å²) in [6.45, 7) is 6.87. The monoisotopic (exact) mass is 1230 g/mol. The van der Waals surface area contributed by atoms with Crippen LogP contribution in [0, 0.1) is 0 Å². The molecule has 0 saturated carbocycles. The van der Waals surface area contributed by atoms with Crippen LogP contribution in [-0.4, -0.2) is 69.4 Å². The minimum atomic E-state index is -4.70. The average Bonchev–Trinajstić information content (AvgIpc) is 3.66. The summed E-state index contributed by atoms with van der Waals surface area (Å²) in [5.74, 6) is -0.525. The molecule has 0 saturated heterocycles. The number of nitrogens with zero attached hydrogens (tertiary/aromatic N) is 1. The zero-order valence-corrected chi connectivity index (χ0v) is 58.9. The Hall–Kier alpha value is -2.03. The number of carbonyl (C=O) groups is 2. The topological polar surface area (TPSA) is 114 Å². The highest BCUT2D eigenvalue weighted by Gasteiger charge is 2.27. The maximum atomic E-state index is 13.6. The normalized spacial score (nSPS) is 13.7. The molecule has 0 heterocycles. The summed E-state index contributed by atoms with van der Waals surface area (Å²) in [5.41, 5.74) is 0. The van der Waals surface area contributed by atoms with E-state index in [4.69, 9.17) is 13.8 Å². The van der Waals surface area contributed by atoms with Crippen LogP contribution < -0.4 is 10.2 Å². The molecule has 0 aliphatic rings. The van der Waals surface area contributed by atoms with Crippen molar-refractivity contribution in [3.8, 4) is 0 Å². The number of phosphoric acid groups is 1. The molecule has 1 amide bonds. The molecule has 3 unspecified atom stereocenters. The Kier molecular flexibility index (Phi) is 64.4. The van der Waals surface area contributed by atoms with Gasteiger partial charge in [-0.2, -0.15) is 0 Å². The molecule has 86 heavy (non-hydrogen) atoms. The molecule has 0 aliphatic carbocycles. The molecule has 0 aromatic rings. The minimum Gasteiger partial charge on any atom is -0.756 e. The molecule has 506 valence electrons. The van der Waals surface area contributed by atoms with E-state index < -0.39 is 20.0 Å². The summed E-state index contributed by atoms with van der Waals surface area (Å²) in [7, 11) is 1.20. The van der Waals surface area contributed by atoms with Gasteiger partial charge in [-0.05, 0) is 89.5 Å². The number of unbranched alkanes of at least 4 members (excludes halogenated alkanes) is 47. The summed E-state index contributed by atoms with van der Waals surface area (Å²) in [6, 6.07) is -0.888. The van der Waals surface area contributed by atoms with E-state index in [0.29, 0.717) is 17.4 Å². The lowest BCUT2D eigenvalue weighted by Gasteiger charge is -2.30. The van der Waals surface area contributed by atoms with Crippen molar-refractivity contribution in [3.63, 3.8) is 0 Å². The highest BCUT2D eigenvalue weighted by atomic mass is 31.2.